The van der Waals surface area contributed by atoms with Gasteiger partial charge < -0.3 is 10.6 Å². The number of pyridine rings is 1. The lowest BCUT2D eigenvalue weighted by Crippen LogP contribution is -2.27. The van der Waals surface area contributed by atoms with Gasteiger partial charge in [0.05, 0.1) is 0 Å². The third kappa shape index (κ3) is 5.24. The van der Waals surface area contributed by atoms with Crippen LogP contribution in [0.3, 0.4) is 0 Å². The van der Waals surface area contributed by atoms with Crippen molar-refractivity contribution in [1.29, 1.82) is 0 Å². The van der Waals surface area contributed by atoms with E-state index in [1.54, 1.807) is 42.7 Å². The minimum absolute atomic E-state index is 0.233. The fourth-order valence-corrected chi connectivity index (χ4v) is 1.78. The fourth-order valence-electron chi connectivity index (χ4n) is 1.65. The second-order valence-corrected chi connectivity index (χ2v) is 4.81. The Morgan fingerprint density at radius 1 is 1.10 bits per heavy atom. The molecule has 108 valence electrons. The maximum atomic E-state index is 11.7. The zero-order chi connectivity index (χ0) is 15.1. The second kappa shape index (κ2) is 7.40. The van der Waals surface area contributed by atoms with Gasteiger partial charge in [0.25, 0.3) is 0 Å². The highest BCUT2D eigenvalue weighted by molar-refractivity contribution is 6.30. The van der Waals surface area contributed by atoms with Crippen molar-refractivity contribution in [3.63, 3.8) is 0 Å². The monoisotopic (exact) mass is 303 g/mol. The molecule has 1 heterocycles. The van der Waals surface area contributed by atoms with Gasteiger partial charge in [0.1, 0.15) is 6.42 Å². The van der Waals surface area contributed by atoms with E-state index in [0.717, 1.165) is 5.56 Å². The number of rotatable bonds is 5. The van der Waals surface area contributed by atoms with Gasteiger partial charge in [0.2, 0.25) is 11.8 Å². The van der Waals surface area contributed by atoms with Crippen LogP contribution in [0.15, 0.2) is 48.8 Å². The minimum atomic E-state index is -0.374. The summed E-state index contributed by atoms with van der Waals surface area (Å²) in [6.07, 6.45) is 3.09. The minimum Gasteiger partial charge on any atom is -0.352 e. The van der Waals surface area contributed by atoms with Crippen LogP contribution < -0.4 is 10.6 Å². The molecule has 1 aromatic carbocycles. The average Bonchev–Trinajstić information content (AvgIpc) is 2.48. The summed E-state index contributed by atoms with van der Waals surface area (Å²) in [5.74, 6) is -0.716. The molecule has 0 aliphatic carbocycles. The first-order valence-electron chi connectivity index (χ1n) is 6.34. The standard InChI is InChI=1S/C15H14ClN3O2/c16-12-3-5-13(6-4-12)19-15(21)8-14(20)18-10-11-2-1-7-17-9-11/h1-7,9H,8,10H2,(H,18,20)(H,19,21). The lowest BCUT2D eigenvalue weighted by molar-refractivity contribution is -0.126. The summed E-state index contributed by atoms with van der Waals surface area (Å²) in [5, 5.41) is 5.88. The van der Waals surface area contributed by atoms with Gasteiger partial charge in [0, 0.05) is 29.6 Å². The molecular weight excluding hydrogens is 290 g/mol. The molecule has 0 saturated carbocycles. The molecule has 2 N–H and O–H groups in total. The Kier molecular flexibility index (Phi) is 5.29. The largest absolute Gasteiger partial charge is 0.352 e. The van der Waals surface area contributed by atoms with Crippen LogP contribution in [0.4, 0.5) is 5.69 Å². The van der Waals surface area contributed by atoms with Crippen LogP contribution in [-0.4, -0.2) is 16.8 Å². The van der Waals surface area contributed by atoms with Gasteiger partial charge >= 0.3 is 0 Å². The Labute approximate surface area is 127 Å². The molecule has 0 saturated heterocycles. The molecule has 0 bridgehead atoms. The van der Waals surface area contributed by atoms with E-state index in [1.165, 1.54) is 0 Å². The molecule has 0 unspecified atom stereocenters. The first-order chi connectivity index (χ1) is 10.1. The van der Waals surface area contributed by atoms with E-state index in [-0.39, 0.29) is 18.2 Å². The van der Waals surface area contributed by atoms with Crippen LogP contribution in [-0.2, 0) is 16.1 Å². The van der Waals surface area contributed by atoms with Crippen molar-refractivity contribution in [2.75, 3.05) is 5.32 Å². The topological polar surface area (TPSA) is 71.1 Å². The molecule has 0 radical (unpaired) electrons. The van der Waals surface area contributed by atoms with Crippen LogP contribution >= 0.6 is 11.6 Å². The SMILES string of the molecule is O=C(CC(=O)Nc1ccc(Cl)cc1)NCc1cccnc1. The van der Waals surface area contributed by atoms with Crippen LogP contribution in [0.2, 0.25) is 5.02 Å². The molecule has 2 rings (SSSR count). The molecule has 1 aromatic heterocycles. The molecule has 0 aliphatic rings. The highest BCUT2D eigenvalue weighted by Crippen LogP contribution is 2.13. The average molecular weight is 304 g/mol. The predicted molar refractivity (Wildman–Crippen MR) is 80.8 cm³/mol. The molecular formula is C15H14ClN3O2. The van der Waals surface area contributed by atoms with Gasteiger partial charge in [-0.2, -0.15) is 0 Å². The lowest BCUT2D eigenvalue weighted by atomic mass is 10.2. The van der Waals surface area contributed by atoms with Gasteiger partial charge in [-0.05, 0) is 35.9 Å². The van der Waals surface area contributed by atoms with Gasteiger partial charge in [-0.1, -0.05) is 17.7 Å². The molecule has 6 heteroatoms. The lowest BCUT2D eigenvalue weighted by Gasteiger charge is -2.06. The van der Waals surface area contributed by atoms with Crippen LogP contribution in [0.5, 0.6) is 0 Å². The zero-order valence-electron chi connectivity index (χ0n) is 11.2. The number of halogens is 1. The summed E-state index contributed by atoms with van der Waals surface area (Å²) in [5.41, 5.74) is 1.48. The zero-order valence-corrected chi connectivity index (χ0v) is 11.9. The second-order valence-electron chi connectivity index (χ2n) is 4.37. The third-order valence-electron chi connectivity index (χ3n) is 2.66. The summed E-state index contributed by atoms with van der Waals surface area (Å²) in [6.45, 7) is 0.348. The number of nitrogens with one attached hydrogen (secondary N) is 2. The number of carbonyl (C=O) groups is 2. The predicted octanol–water partition coefficient (Wildman–Crippen LogP) is 2.38. The first-order valence-corrected chi connectivity index (χ1v) is 6.72. The molecule has 5 nitrogen and oxygen atoms in total. The van der Waals surface area contributed by atoms with Gasteiger partial charge in [-0.15, -0.1) is 0 Å². The van der Waals surface area contributed by atoms with Gasteiger partial charge in [-0.25, -0.2) is 0 Å². The number of nitrogens with zero attached hydrogens (tertiary/aromatic N) is 1. The fraction of sp³-hybridized carbons (Fsp3) is 0.133. The summed E-state index contributed by atoms with van der Waals surface area (Å²) < 4.78 is 0. The first kappa shape index (κ1) is 15.0. The van der Waals surface area contributed by atoms with E-state index >= 15 is 0 Å². The van der Waals surface area contributed by atoms with E-state index in [1.807, 2.05) is 6.07 Å². The molecule has 0 atom stereocenters. The summed E-state index contributed by atoms with van der Waals surface area (Å²) in [4.78, 5) is 27.3. The number of anilines is 1. The highest BCUT2D eigenvalue weighted by Gasteiger charge is 2.09. The van der Waals surface area contributed by atoms with Crippen LogP contribution in [0, 0.1) is 0 Å². The Hall–Kier alpha value is -2.40. The molecule has 21 heavy (non-hydrogen) atoms. The van der Waals surface area contributed by atoms with Crippen molar-refractivity contribution in [3.8, 4) is 0 Å². The van der Waals surface area contributed by atoms with E-state index in [0.29, 0.717) is 17.3 Å². The van der Waals surface area contributed by atoms with Crippen molar-refractivity contribution >= 4 is 29.1 Å². The third-order valence-corrected chi connectivity index (χ3v) is 2.91. The van der Waals surface area contributed by atoms with E-state index < -0.39 is 0 Å². The number of amides is 2. The highest BCUT2D eigenvalue weighted by atomic mass is 35.5. The number of aromatic nitrogens is 1. The van der Waals surface area contributed by atoms with Gasteiger partial charge in [0.15, 0.2) is 0 Å². The molecule has 2 amide bonds. The normalized spacial score (nSPS) is 9.95. The smallest absolute Gasteiger partial charge is 0.233 e. The van der Waals surface area contributed by atoms with Crippen molar-refractivity contribution in [2.45, 2.75) is 13.0 Å². The van der Waals surface area contributed by atoms with E-state index in [4.69, 9.17) is 11.6 Å². The Balaban J connectivity index is 1.77. The van der Waals surface area contributed by atoms with Crippen molar-refractivity contribution in [3.05, 3.63) is 59.4 Å². The van der Waals surface area contributed by atoms with Crippen molar-refractivity contribution < 1.29 is 9.59 Å². The summed E-state index contributed by atoms with van der Waals surface area (Å²) in [7, 11) is 0. The number of benzene rings is 1. The molecule has 0 fully saturated rings. The summed E-state index contributed by atoms with van der Waals surface area (Å²) >= 11 is 5.75. The maximum absolute atomic E-state index is 11.7. The Morgan fingerprint density at radius 2 is 1.86 bits per heavy atom. The quantitative estimate of drug-likeness (QED) is 0.833. The number of hydrogen-bond donors (Lipinski definition) is 2. The molecule has 0 spiro atoms. The van der Waals surface area contributed by atoms with Crippen molar-refractivity contribution in [2.24, 2.45) is 0 Å². The van der Waals surface area contributed by atoms with E-state index in [2.05, 4.69) is 15.6 Å². The Morgan fingerprint density at radius 3 is 2.52 bits per heavy atom. The van der Waals surface area contributed by atoms with E-state index in [9.17, 15) is 9.59 Å². The van der Waals surface area contributed by atoms with Crippen molar-refractivity contribution in [1.82, 2.24) is 10.3 Å². The van der Waals surface area contributed by atoms with Crippen LogP contribution in [0.25, 0.3) is 0 Å². The molecule has 2 aromatic rings. The van der Waals surface area contributed by atoms with Gasteiger partial charge in [-0.3, -0.25) is 14.6 Å². The number of carbonyl (C=O) groups excluding carboxylic acids is 2. The molecule has 0 aliphatic heterocycles. The van der Waals surface area contributed by atoms with Crippen LogP contribution in [0.1, 0.15) is 12.0 Å². The number of hydrogen-bond acceptors (Lipinski definition) is 3. The maximum Gasteiger partial charge on any atom is 0.233 e. The Bertz CT molecular complexity index is 615. The summed E-state index contributed by atoms with van der Waals surface area (Å²) in [6, 6.07) is 10.3.